The summed E-state index contributed by atoms with van der Waals surface area (Å²) >= 11 is 0. The Balaban J connectivity index is 1.97. The third-order valence-electron chi connectivity index (χ3n) is 5.13. The first-order chi connectivity index (χ1) is 14.1. The summed E-state index contributed by atoms with van der Waals surface area (Å²) in [6.07, 6.45) is 3.42. The van der Waals surface area contributed by atoms with Gasteiger partial charge in [0.25, 0.3) is 5.56 Å². The number of hydrogen-bond donors (Lipinski definition) is 0. The molecular weight excluding hydrogens is 373 g/mol. The lowest BCUT2D eigenvalue weighted by atomic mass is 10.1. The van der Waals surface area contributed by atoms with Crippen molar-refractivity contribution in [2.75, 3.05) is 24.6 Å². The second-order valence-corrected chi connectivity index (χ2v) is 7.05. The highest BCUT2D eigenvalue weighted by Gasteiger charge is 2.21. The quantitative estimate of drug-likeness (QED) is 0.602. The number of aromatic nitrogens is 2. The average molecular weight is 395 g/mol. The van der Waals surface area contributed by atoms with Crippen molar-refractivity contribution >= 4 is 16.6 Å². The van der Waals surface area contributed by atoms with Crippen LogP contribution in [0.4, 0.5) is 10.1 Å². The van der Waals surface area contributed by atoms with E-state index in [1.807, 2.05) is 35.2 Å². The maximum atomic E-state index is 14.9. The minimum Gasteiger partial charge on any atom is -0.402 e. The van der Waals surface area contributed by atoms with Gasteiger partial charge in [-0.25, -0.2) is 9.18 Å². The number of hydrogen-bond acceptors (Lipinski definition) is 4. The topological polar surface area (TPSA) is 56.5 Å². The molecule has 0 radical (unpaired) electrons. The Morgan fingerprint density at radius 1 is 1.10 bits per heavy atom. The lowest BCUT2D eigenvalue weighted by Gasteiger charge is -2.20. The summed E-state index contributed by atoms with van der Waals surface area (Å²) < 4.78 is 17.0. The van der Waals surface area contributed by atoms with Gasteiger partial charge in [0.15, 0.2) is 0 Å². The zero-order valence-corrected chi connectivity index (χ0v) is 16.0. The van der Waals surface area contributed by atoms with Gasteiger partial charge in [0.05, 0.1) is 23.1 Å². The molecule has 2 heterocycles. The maximum absolute atomic E-state index is 14.9. The minimum absolute atomic E-state index is 0.0136. The molecule has 1 aliphatic heterocycles. The first-order valence-electron chi connectivity index (χ1n) is 9.62. The Morgan fingerprint density at radius 2 is 1.83 bits per heavy atom. The standard InChI is InChI=1S/C22H22FN3O3/c1-2-12-29-26-21(27)17-13-18(23)20(24-10-6-7-11-24)14-19(17)25(22(26)28)15-16-8-4-3-5-9-16/h2-5,8-9,13-14H,1,6-7,10-12,15H2. The highest BCUT2D eigenvalue weighted by atomic mass is 19.1. The number of anilines is 1. The molecule has 0 N–H and O–H groups in total. The van der Waals surface area contributed by atoms with E-state index in [0.717, 1.165) is 31.5 Å². The number of halogens is 1. The molecule has 0 bridgehead atoms. The molecule has 1 aliphatic rings. The van der Waals surface area contributed by atoms with Gasteiger partial charge in [0, 0.05) is 13.1 Å². The molecule has 1 saturated heterocycles. The van der Waals surface area contributed by atoms with Gasteiger partial charge in [-0.15, -0.1) is 0 Å². The molecule has 0 unspecified atom stereocenters. The summed E-state index contributed by atoms with van der Waals surface area (Å²) in [7, 11) is 0. The molecule has 1 aromatic heterocycles. The van der Waals surface area contributed by atoms with E-state index < -0.39 is 17.1 Å². The Hall–Kier alpha value is -3.35. The normalized spacial score (nSPS) is 13.8. The van der Waals surface area contributed by atoms with Gasteiger partial charge in [-0.2, -0.15) is 0 Å². The van der Waals surface area contributed by atoms with Crippen molar-refractivity contribution in [2.24, 2.45) is 0 Å². The van der Waals surface area contributed by atoms with E-state index in [9.17, 15) is 14.0 Å². The van der Waals surface area contributed by atoms with E-state index >= 15 is 0 Å². The largest absolute Gasteiger partial charge is 0.402 e. The second kappa shape index (κ2) is 7.95. The average Bonchev–Trinajstić information content (AvgIpc) is 3.26. The molecule has 0 spiro atoms. The summed E-state index contributed by atoms with van der Waals surface area (Å²) in [5.41, 5.74) is 0.415. The summed E-state index contributed by atoms with van der Waals surface area (Å²) in [5.74, 6) is -0.475. The van der Waals surface area contributed by atoms with Gasteiger partial charge in [-0.05, 0) is 30.5 Å². The van der Waals surface area contributed by atoms with Crippen molar-refractivity contribution in [1.29, 1.82) is 0 Å². The van der Waals surface area contributed by atoms with Crippen LogP contribution in [0.3, 0.4) is 0 Å². The summed E-state index contributed by atoms with van der Waals surface area (Å²) in [6.45, 7) is 5.27. The van der Waals surface area contributed by atoms with E-state index in [2.05, 4.69) is 6.58 Å². The van der Waals surface area contributed by atoms with Gasteiger partial charge in [0.1, 0.15) is 12.4 Å². The van der Waals surface area contributed by atoms with Crippen LogP contribution in [0.15, 0.2) is 64.7 Å². The van der Waals surface area contributed by atoms with E-state index in [0.29, 0.717) is 15.9 Å². The van der Waals surface area contributed by atoms with Gasteiger partial charge < -0.3 is 9.74 Å². The number of nitrogens with zero attached hydrogens (tertiary/aromatic N) is 3. The molecule has 0 amide bonds. The zero-order valence-electron chi connectivity index (χ0n) is 16.0. The van der Waals surface area contributed by atoms with E-state index in [1.54, 1.807) is 6.07 Å². The van der Waals surface area contributed by atoms with Crippen LogP contribution in [0.1, 0.15) is 18.4 Å². The van der Waals surface area contributed by atoms with E-state index in [4.69, 9.17) is 4.84 Å². The van der Waals surface area contributed by atoms with Crippen molar-refractivity contribution in [1.82, 2.24) is 9.30 Å². The maximum Gasteiger partial charge on any atom is 0.365 e. The molecule has 6 nitrogen and oxygen atoms in total. The fraction of sp³-hybridized carbons (Fsp3) is 0.273. The van der Waals surface area contributed by atoms with Crippen molar-refractivity contribution in [3.63, 3.8) is 0 Å². The molecule has 7 heteroatoms. The summed E-state index contributed by atoms with van der Waals surface area (Å²) in [4.78, 5) is 33.2. The second-order valence-electron chi connectivity index (χ2n) is 7.05. The third kappa shape index (κ3) is 3.55. The SMILES string of the molecule is C=CCOn1c(=O)c2cc(F)c(N3CCCC3)cc2n(Cc2ccccc2)c1=O. The van der Waals surface area contributed by atoms with Crippen LogP contribution in [-0.2, 0) is 6.54 Å². The number of rotatable bonds is 6. The molecule has 0 atom stereocenters. The first-order valence-corrected chi connectivity index (χ1v) is 9.62. The molecule has 150 valence electrons. The minimum atomic E-state index is -0.678. The molecule has 2 aromatic carbocycles. The fourth-order valence-corrected chi connectivity index (χ4v) is 3.71. The van der Waals surface area contributed by atoms with Crippen molar-refractivity contribution in [3.8, 4) is 0 Å². The Bertz CT molecular complexity index is 1160. The number of benzene rings is 2. The zero-order chi connectivity index (χ0) is 20.4. The highest BCUT2D eigenvalue weighted by molar-refractivity contribution is 5.82. The lowest BCUT2D eigenvalue weighted by Crippen LogP contribution is -2.44. The van der Waals surface area contributed by atoms with Gasteiger partial charge >= 0.3 is 5.69 Å². The van der Waals surface area contributed by atoms with Crippen LogP contribution in [0.2, 0.25) is 0 Å². The van der Waals surface area contributed by atoms with Crippen LogP contribution < -0.4 is 21.0 Å². The Kier molecular flexibility index (Phi) is 5.20. The smallest absolute Gasteiger partial charge is 0.365 e. The monoisotopic (exact) mass is 395 g/mol. The number of fused-ring (bicyclic) bond motifs is 1. The third-order valence-corrected chi connectivity index (χ3v) is 5.13. The Morgan fingerprint density at radius 3 is 2.52 bits per heavy atom. The molecule has 1 fully saturated rings. The van der Waals surface area contributed by atoms with Gasteiger partial charge in [-0.3, -0.25) is 9.36 Å². The van der Waals surface area contributed by atoms with Crippen LogP contribution in [-0.4, -0.2) is 29.0 Å². The predicted octanol–water partition coefficient (Wildman–Crippen LogP) is 2.57. The van der Waals surface area contributed by atoms with Gasteiger partial charge in [-0.1, -0.05) is 47.7 Å². The lowest BCUT2D eigenvalue weighted by molar-refractivity contribution is 0.113. The van der Waals surface area contributed by atoms with Crippen molar-refractivity contribution < 1.29 is 9.23 Å². The Labute approximate surface area is 167 Å². The molecule has 0 aliphatic carbocycles. The summed E-state index contributed by atoms with van der Waals surface area (Å²) in [5, 5.41) is 0.102. The van der Waals surface area contributed by atoms with Crippen molar-refractivity contribution in [2.45, 2.75) is 19.4 Å². The molecule has 4 rings (SSSR count). The molecule has 0 saturated carbocycles. The van der Waals surface area contributed by atoms with E-state index in [1.165, 1.54) is 16.7 Å². The van der Waals surface area contributed by atoms with Crippen LogP contribution in [0.5, 0.6) is 0 Å². The van der Waals surface area contributed by atoms with Crippen LogP contribution in [0.25, 0.3) is 10.9 Å². The molecular formula is C22H22FN3O3. The molecule has 29 heavy (non-hydrogen) atoms. The first kappa shape index (κ1) is 19.0. The van der Waals surface area contributed by atoms with Crippen LogP contribution >= 0.6 is 0 Å². The summed E-state index contributed by atoms with van der Waals surface area (Å²) in [6, 6.07) is 12.2. The fourth-order valence-electron chi connectivity index (χ4n) is 3.71. The van der Waals surface area contributed by atoms with E-state index in [-0.39, 0.29) is 18.5 Å². The van der Waals surface area contributed by atoms with Crippen LogP contribution in [0, 0.1) is 5.82 Å². The van der Waals surface area contributed by atoms with Gasteiger partial charge in [0.2, 0.25) is 0 Å². The molecule has 3 aromatic rings. The van der Waals surface area contributed by atoms with Crippen molar-refractivity contribution in [3.05, 3.63) is 87.3 Å². The highest BCUT2D eigenvalue weighted by Crippen LogP contribution is 2.27. The predicted molar refractivity (Wildman–Crippen MR) is 111 cm³/mol.